The maximum Gasteiger partial charge on any atom is 0.223 e. The van der Waals surface area contributed by atoms with Gasteiger partial charge in [-0.25, -0.2) is 9.67 Å². The zero-order valence-corrected chi connectivity index (χ0v) is 12.0. The molecule has 3 rings (SSSR count). The number of hydrogen-bond donors (Lipinski definition) is 1. The maximum atomic E-state index is 12.1. The average molecular weight is 284 g/mol. The molecule has 2 aromatic heterocycles. The largest absolute Gasteiger partial charge is 0.352 e. The molecule has 0 bridgehead atoms. The number of hydrogen-bond acceptors (Lipinski definition) is 3. The Morgan fingerprint density at radius 1 is 1.29 bits per heavy atom. The first-order valence-corrected chi connectivity index (χ1v) is 7.55. The van der Waals surface area contributed by atoms with Gasteiger partial charge in [0.1, 0.15) is 0 Å². The highest BCUT2D eigenvalue weighted by Crippen LogP contribution is 2.23. The summed E-state index contributed by atoms with van der Waals surface area (Å²) in [7, 11) is 0. The normalized spacial score (nSPS) is 15.8. The molecule has 1 fully saturated rings. The second kappa shape index (κ2) is 6.52. The Morgan fingerprint density at radius 2 is 2.14 bits per heavy atom. The van der Waals surface area contributed by atoms with Gasteiger partial charge in [-0.2, -0.15) is 5.10 Å². The number of rotatable bonds is 4. The number of aromatic nitrogens is 3. The first-order chi connectivity index (χ1) is 10.3. The summed E-state index contributed by atoms with van der Waals surface area (Å²) in [5.41, 5.74) is 1.01. The van der Waals surface area contributed by atoms with Gasteiger partial charge in [0.2, 0.25) is 5.91 Å². The van der Waals surface area contributed by atoms with Gasteiger partial charge in [-0.3, -0.25) is 4.79 Å². The molecule has 2 aromatic rings. The molecular weight excluding hydrogens is 264 g/mol. The van der Waals surface area contributed by atoms with Gasteiger partial charge in [0.15, 0.2) is 5.82 Å². The maximum absolute atomic E-state index is 12.1. The summed E-state index contributed by atoms with van der Waals surface area (Å²) in [5.74, 6) is 1.17. The van der Waals surface area contributed by atoms with Crippen LogP contribution in [-0.4, -0.2) is 20.7 Å². The Kier molecular flexibility index (Phi) is 4.28. The smallest absolute Gasteiger partial charge is 0.223 e. The molecule has 1 aliphatic carbocycles. The van der Waals surface area contributed by atoms with Gasteiger partial charge in [-0.15, -0.1) is 0 Å². The fourth-order valence-electron chi connectivity index (χ4n) is 2.76. The summed E-state index contributed by atoms with van der Waals surface area (Å²) < 4.78 is 1.71. The van der Waals surface area contributed by atoms with E-state index < -0.39 is 0 Å². The van der Waals surface area contributed by atoms with Crippen molar-refractivity contribution in [3.05, 3.63) is 42.4 Å². The van der Waals surface area contributed by atoms with Gasteiger partial charge in [-0.1, -0.05) is 25.3 Å². The summed E-state index contributed by atoms with van der Waals surface area (Å²) in [6.45, 7) is 0.543. The van der Waals surface area contributed by atoms with Gasteiger partial charge in [0.25, 0.3) is 0 Å². The van der Waals surface area contributed by atoms with Crippen molar-refractivity contribution in [1.82, 2.24) is 20.1 Å². The topological polar surface area (TPSA) is 59.8 Å². The molecule has 2 heterocycles. The predicted molar refractivity (Wildman–Crippen MR) is 79.8 cm³/mol. The Morgan fingerprint density at radius 3 is 2.81 bits per heavy atom. The van der Waals surface area contributed by atoms with E-state index in [9.17, 15) is 4.79 Å². The number of nitrogens with zero attached hydrogens (tertiary/aromatic N) is 3. The van der Waals surface area contributed by atoms with E-state index in [1.54, 1.807) is 17.1 Å². The van der Waals surface area contributed by atoms with Crippen LogP contribution >= 0.6 is 0 Å². The first-order valence-electron chi connectivity index (χ1n) is 7.55. The van der Waals surface area contributed by atoms with Crippen molar-refractivity contribution >= 4 is 5.91 Å². The van der Waals surface area contributed by atoms with Gasteiger partial charge in [-0.05, 0) is 30.5 Å². The van der Waals surface area contributed by atoms with Crippen LogP contribution in [0.15, 0.2) is 36.8 Å². The van der Waals surface area contributed by atoms with E-state index in [0.717, 1.165) is 24.2 Å². The lowest BCUT2D eigenvalue weighted by Gasteiger charge is -2.20. The predicted octanol–water partition coefficient (Wildman–Crippen LogP) is 2.46. The first kappa shape index (κ1) is 13.8. The van der Waals surface area contributed by atoms with Crippen LogP contribution in [0.5, 0.6) is 0 Å². The van der Waals surface area contributed by atoms with E-state index in [2.05, 4.69) is 15.4 Å². The van der Waals surface area contributed by atoms with E-state index >= 15 is 0 Å². The molecule has 0 atom stereocenters. The van der Waals surface area contributed by atoms with Crippen molar-refractivity contribution in [1.29, 1.82) is 0 Å². The standard InChI is InChI=1S/C16H20N4O/c21-16(14-5-2-1-3-6-14)18-12-13-7-8-15(17-11-13)20-10-4-9-19-20/h4,7-11,14H,1-3,5-6,12H2,(H,18,21). The highest BCUT2D eigenvalue weighted by molar-refractivity contribution is 5.78. The second-order valence-corrected chi connectivity index (χ2v) is 5.53. The van der Waals surface area contributed by atoms with Crippen LogP contribution < -0.4 is 5.32 Å². The van der Waals surface area contributed by atoms with Crippen LogP contribution in [0.1, 0.15) is 37.7 Å². The van der Waals surface area contributed by atoms with Gasteiger partial charge < -0.3 is 5.32 Å². The van der Waals surface area contributed by atoms with E-state index in [-0.39, 0.29) is 11.8 Å². The van der Waals surface area contributed by atoms with Crippen molar-refractivity contribution in [2.24, 2.45) is 5.92 Å². The van der Waals surface area contributed by atoms with Crippen molar-refractivity contribution in [2.45, 2.75) is 38.6 Å². The van der Waals surface area contributed by atoms with Crippen LogP contribution in [0.2, 0.25) is 0 Å². The molecule has 0 aliphatic heterocycles. The number of carbonyl (C=O) groups excluding carboxylic acids is 1. The molecule has 0 unspecified atom stereocenters. The third-order valence-electron chi connectivity index (χ3n) is 3.99. The lowest BCUT2D eigenvalue weighted by molar-refractivity contribution is -0.126. The van der Waals surface area contributed by atoms with Gasteiger partial charge in [0, 0.05) is 31.1 Å². The van der Waals surface area contributed by atoms with Crippen LogP contribution in [0, 0.1) is 5.92 Å². The fourth-order valence-corrected chi connectivity index (χ4v) is 2.76. The Balaban J connectivity index is 1.54. The zero-order valence-electron chi connectivity index (χ0n) is 12.0. The molecule has 1 amide bonds. The summed E-state index contributed by atoms with van der Waals surface area (Å²) in [6.07, 6.45) is 11.1. The minimum absolute atomic E-state index is 0.186. The molecule has 5 nitrogen and oxygen atoms in total. The molecule has 1 aliphatic rings. The van der Waals surface area contributed by atoms with E-state index in [1.807, 2.05) is 24.4 Å². The lowest BCUT2D eigenvalue weighted by atomic mass is 9.88. The van der Waals surface area contributed by atoms with Crippen molar-refractivity contribution < 1.29 is 4.79 Å². The molecule has 0 aromatic carbocycles. The van der Waals surface area contributed by atoms with Crippen LogP contribution in [0.3, 0.4) is 0 Å². The average Bonchev–Trinajstić information content (AvgIpc) is 3.08. The molecule has 0 radical (unpaired) electrons. The molecule has 1 saturated carbocycles. The number of carbonyl (C=O) groups is 1. The molecule has 21 heavy (non-hydrogen) atoms. The molecule has 5 heteroatoms. The van der Waals surface area contributed by atoms with Crippen LogP contribution in [0.25, 0.3) is 5.82 Å². The summed E-state index contributed by atoms with van der Waals surface area (Å²) in [6, 6.07) is 5.75. The Bertz CT molecular complexity index is 571. The van der Waals surface area contributed by atoms with Crippen LogP contribution in [0.4, 0.5) is 0 Å². The van der Waals surface area contributed by atoms with Gasteiger partial charge in [0.05, 0.1) is 0 Å². The highest BCUT2D eigenvalue weighted by atomic mass is 16.1. The zero-order chi connectivity index (χ0) is 14.5. The SMILES string of the molecule is O=C(NCc1ccc(-n2cccn2)nc1)C1CCCCC1. The van der Waals surface area contributed by atoms with Crippen molar-refractivity contribution in [3.8, 4) is 5.82 Å². The Labute approximate surface area is 124 Å². The van der Waals surface area contributed by atoms with E-state index in [4.69, 9.17) is 0 Å². The Hall–Kier alpha value is -2.17. The summed E-state index contributed by atoms with van der Waals surface area (Å²) in [5, 5.41) is 7.16. The second-order valence-electron chi connectivity index (χ2n) is 5.53. The monoisotopic (exact) mass is 284 g/mol. The highest BCUT2D eigenvalue weighted by Gasteiger charge is 2.20. The summed E-state index contributed by atoms with van der Waals surface area (Å²) in [4.78, 5) is 16.4. The number of amides is 1. The third-order valence-corrected chi connectivity index (χ3v) is 3.99. The molecular formula is C16H20N4O. The van der Waals surface area contributed by atoms with Crippen LogP contribution in [-0.2, 0) is 11.3 Å². The van der Waals surface area contributed by atoms with Crippen molar-refractivity contribution in [2.75, 3.05) is 0 Å². The van der Waals surface area contributed by atoms with E-state index in [1.165, 1.54) is 19.3 Å². The molecule has 110 valence electrons. The molecule has 1 N–H and O–H groups in total. The minimum atomic E-state index is 0.186. The summed E-state index contributed by atoms with van der Waals surface area (Å²) >= 11 is 0. The van der Waals surface area contributed by atoms with Gasteiger partial charge >= 0.3 is 0 Å². The minimum Gasteiger partial charge on any atom is -0.352 e. The van der Waals surface area contributed by atoms with E-state index in [0.29, 0.717) is 6.54 Å². The molecule has 0 spiro atoms. The third kappa shape index (κ3) is 3.48. The number of pyridine rings is 1. The quantitative estimate of drug-likeness (QED) is 0.938. The fraction of sp³-hybridized carbons (Fsp3) is 0.438. The lowest BCUT2D eigenvalue weighted by Crippen LogP contribution is -2.31. The number of nitrogens with one attached hydrogen (secondary N) is 1. The van der Waals surface area contributed by atoms with Crippen molar-refractivity contribution in [3.63, 3.8) is 0 Å². The molecule has 0 saturated heterocycles.